The van der Waals surface area contributed by atoms with Crippen LogP contribution in [0, 0.1) is 11.6 Å². The highest BCUT2D eigenvalue weighted by atomic mass is 19.1. The van der Waals surface area contributed by atoms with Crippen molar-refractivity contribution in [3.8, 4) is 0 Å². The summed E-state index contributed by atoms with van der Waals surface area (Å²) in [6.07, 6.45) is 8.44. The first-order valence-corrected chi connectivity index (χ1v) is 9.07. The molecule has 0 saturated heterocycles. The van der Waals surface area contributed by atoms with Crippen LogP contribution in [-0.2, 0) is 9.59 Å². The van der Waals surface area contributed by atoms with Crippen molar-refractivity contribution in [1.82, 2.24) is 0 Å². The molecule has 0 heterocycles. The zero-order valence-electron chi connectivity index (χ0n) is 15.6. The van der Waals surface area contributed by atoms with Gasteiger partial charge in [-0.25, -0.2) is 8.78 Å². The second-order valence-electron chi connectivity index (χ2n) is 6.89. The molecule has 0 aliphatic heterocycles. The van der Waals surface area contributed by atoms with E-state index in [4.69, 9.17) is 0 Å². The number of rotatable bonds is 2. The highest BCUT2D eigenvalue weighted by Crippen LogP contribution is 2.34. The summed E-state index contributed by atoms with van der Waals surface area (Å²) in [4.78, 5) is 25.0. The molecule has 0 atom stereocenters. The molecule has 4 heteroatoms. The van der Waals surface area contributed by atoms with Gasteiger partial charge in [0.15, 0.2) is 11.6 Å². The standard InChI is InChI=1S/C25H16F2O2/c1-15-12-18(6-11-24(15)28)19-13-22(16-2-7-20(26)8-3-16)25(29)23(14-19)17-4-9-21(27)10-5-17/h2-14H,1H3. The lowest BCUT2D eigenvalue weighted by molar-refractivity contribution is -0.111. The van der Waals surface area contributed by atoms with E-state index in [9.17, 15) is 18.4 Å². The molecule has 0 radical (unpaired) electrons. The van der Waals surface area contributed by atoms with Crippen molar-refractivity contribution in [3.63, 3.8) is 0 Å². The second kappa shape index (κ2) is 7.40. The largest absolute Gasteiger partial charge is 0.290 e. The van der Waals surface area contributed by atoms with Gasteiger partial charge in [0.05, 0.1) is 0 Å². The van der Waals surface area contributed by atoms with E-state index >= 15 is 0 Å². The van der Waals surface area contributed by atoms with Crippen molar-refractivity contribution in [2.75, 3.05) is 0 Å². The van der Waals surface area contributed by atoms with Gasteiger partial charge >= 0.3 is 0 Å². The van der Waals surface area contributed by atoms with Crippen molar-refractivity contribution in [3.05, 3.63) is 118 Å². The van der Waals surface area contributed by atoms with Crippen molar-refractivity contribution in [1.29, 1.82) is 0 Å². The van der Waals surface area contributed by atoms with Crippen LogP contribution in [0.5, 0.6) is 0 Å². The molecule has 0 amide bonds. The number of carbonyl (C=O) groups is 2. The minimum absolute atomic E-state index is 0.0632. The Morgan fingerprint density at radius 1 is 0.621 bits per heavy atom. The van der Waals surface area contributed by atoms with E-state index in [0.29, 0.717) is 27.8 Å². The zero-order chi connectivity index (χ0) is 20.5. The lowest BCUT2D eigenvalue weighted by Gasteiger charge is -2.19. The molecule has 2 nitrogen and oxygen atoms in total. The normalized spacial score (nSPS) is 16.6. The first-order chi connectivity index (χ1) is 13.9. The van der Waals surface area contributed by atoms with Gasteiger partial charge in [-0.1, -0.05) is 30.3 Å². The van der Waals surface area contributed by atoms with Gasteiger partial charge in [-0.3, -0.25) is 9.59 Å². The Labute approximate surface area is 166 Å². The maximum absolute atomic E-state index is 13.4. The first kappa shape index (κ1) is 18.7. The minimum atomic E-state index is -0.391. The van der Waals surface area contributed by atoms with Gasteiger partial charge < -0.3 is 0 Å². The molecule has 0 saturated carbocycles. The molecule has 0 unspecified atom stereocenters. The Hall–Kier alpha value is -3.66. The Kier molecular flexibility index (Phi) is 4.77. The summed E-state index contributed by atoms with van der Waals surface area (Å²) < 4.78 is 26.7. The molecule has 29 heavy (non-hydrogen) atoms. The predicted molar refractivity (Wildman–Crippen MR) is 109 cm³/mol. The van der Waals surface area contributed by atoms with Gasteiger partial charge in [0.1, 0.15) is 11.6 Å². The highest BCUT2D eigenvalue weighted by molar-refractivity contribution is 6.44. The van der Waals surface area contributed by atoms with Gasteiger partial charge in [0.2, 0.25) is 0 Å². The Morgan fingerprint density at radius 2 is 1.10 bits per heavy atom. The number of allylic oxidation sites excluding steroid dienone is 10. The maximum Gasteiger partial charge on any atom is 0.194 e. The number of benzene rings is 2. The summed E-state index contributed by atoms with van der Waals surface area (Å²) in [6.45, 7) is 1.73. The zero-order valence-corrected chi connectivity index (χ0v) is 15.6. The van der Waals surface area contributed by atoms with Crippen molar-refractivity contribution in [2.45, 2.75) is 6.92 Å². The molecule has 0 bridgehead atoms. The molecule has 2 aliphatic carbocycles. The van der Waals surface area contributed by atoms with E-state index < -0.39 is 11.6 Å². The van der Waals surface area contributed by atoms with Gasteiger partial charge in [-0.15, -0.1) is 0 Å². The van der Waals surface area contributed by atoms with E-state index in [1.54, 1.807) is 55.5 Å². The molecule has 2 aliphatic rings. The number of hydrogen-bond donors (Lipinski definition) is 0. The van der Waals surface area contributed by atoms with Gasteiger partial charge in [0.25, 0.3) is 0 Å². The summed E-state index contributed by atoms with van der Waals surface area (Å²) in [6, 6.07) is 11.4. The van der Waals surface area contributed by atoms with Crippen LogP contribution in [0.2, 0.25) is 0 Å². The monoisotopic (exact) mass is 386 g/mol. The fourth-order valence-electron chi connectivity index (χ4n) is 3.31. The summed E-state index contributed by atoms with van der Waals surface area (Å²) >= 11 is 0. The van der Waals surface area contributed by atoms with Crippen LogP contribution >= 0.6 is 0 Å². The number of ketones is 2. The third kappa shape index (κ3) is 3.69. The molecule has 142 valence electrons. The average molecular weight is 386 g/mol. The third-order valence-electron chi connectivity index (χ3n) is 4.91. The van der Waals surface area contributed by atoms with Crippen LogP contribution in [0.4, 0.5) is 8.78 Å². The van der Waals surface area contributed by atoms with E-state index in [2.05, 4.69) is 0 Å². The number of carbonyl (C=O) groups excluding carboxylic acids is 2. The number of halogens is 2. The van der Waals surface area contributed by atoms with E-state index in [1.807, 2.05) is 0 Å². The van der Waals surface area contributed by atoms with Gasteiger partial charge in [-0.05, 0) is 83.3 Å². The summed E-state index contributed by atoms with van der Waals surface area (Å²) in [5, 5.41) is 0. The Bertz CT molecular complexity index is 1100. The van der Waals surface area contributed by atoms with E-state index in [-0.39, 0.29) is 11.6 Å². The SMILES string of the molecule is CC1=CC(=C2C=C(c3ccc(F)cc3)C(=O)C(c3ccc(F)cc3)=C2)C=CC1=O. The molecule has 0 aromatic heterocycles. The molecule has 0 spiro atoms. The van der Waals surface area contributed by atoms with E-state index in [0.717, 1.165) is 11.1 Å². The van der Waals surface area contributed by atoms with Crippen LogP contribution in [0.25, 0.3) is 11.1 Å². The van der Waals surface area contributed by atoms with Crippen LogP contribution in [0.1, 0.15) is 18.1 Å². The highest BCUT2D eigenvalue weighted by Gasteiger charge is 2.24. The van der Waals surface area contributed by atoms with E-state index in [1.165, 1.54) is 30.3 Å². The molecule has 2 aromatic carbocycles. The summed E-state index contributed by atoms with van der Waals surface area (Å²) in [5.41, 5.74) is 4.11. The van der Waals surface area contributed by atoms with Crippen LogP contribution < -0.4 is 0 Å². The third-order valence-corrected chi connectivity index (χ3v) is 4.91. The van der Waals surface area contributed by atoms with Crippen LogP contribution in [-0.4, -0.2) is 11.6 Å². The first-order valence-electron chi connectivity index (χ1n) is 9.07. The lowest BCUT2D eigenvalue weighted by atomic mass is 9.84. The molecular weight excluding hydrogens is 370 g/mol. The second-order valence-corrected chi connectivity index (χ2v) is 6.89. The van der Waals surface area contributed by atoms with Crippen molar-refractivity contribution < 1.29 is 18.4 Å². The van der Waals surface area contributed by atoms with Crippen molar-refractivity contribution >= 4 is 22.7 Å². The molecule has 4 rings (SSSR count). The maximum atomic E-state index is 13.4. The Balaban J connectivity index is 1.90. The number of Topliss-reactive ketones (excluding diaryl/α,β-unsaturated/α-hetero) is 1. The van der Waals surface area contributed by atoms with Crippen LogP contribution in [0.15, 0.2) is 95.6 Å². The molecule has 0 N–H and O–H groups in total. The molecule has 2 aromatic rings. The predicted octanol–water partition coefficient (Wildman–Crippen LogP) is 5.40. The van der Waals surface area contributed by atoms with Gasteiger partial charge in [0, 0.05) is 11.1 Å². The quantitative estimate of drug-likeness (QED) is 0.693. The summed E-state index contributed by atoms with van der Waals surface area (Å²) in [7, 11) is 0. The Morgan fingerprint density at radius 3 is 1.55 bits per heavy atom. The number of hydrogen-bond acceptors (Lipinski definition) is 2. The fraction of sp³-hybridized carbons (Fsp3) is 0.0400. The summed E-state index contributed by atoms with van der Waals surface area (Å²) in [5.74, 6) is -1.08. The smallest absolute Gasteiger partial charge is 0.194 e. The average Bonchev–Trinajstić information content (AvgIpc) is 2.72. The van der Waals surface area contributed by atoms with Gasteiger partial charge in [-0.2, -0.15) is 0 Å². The van der Waals surface area contributed by atoms with Crippen molar-refractivity contribution in [2.24, 2.45) is 0 Å². The topological polar surface area (TPSA) is 34.1 Å². The fourth-order valence-corrected chi connectivity index (χ4v) is 3.31. The van der Waals surface area contributed by atoms with Crippen LogP contribution in [0.3, 0.4) is 0 Å². The molecule has 0 fully saturated rings. The minimum Gasteiger partial charge on any atom is -0.290 e. The lowest BCUT2D eigenvalue weighted by Crippen LogP contribution is -2.11. The molecular formula is C25H16F2O2.